The van der Waals surface area contributed by atoms with E-state index in [0.717, 1.165) is 15.2 Å². The van der Waals surface area contributed by atoms with E-state index >= 15 is 0 Å². The fourth-order valence-electron chi connectivity index (χ4n) is 1.99. The maximum Gasteiger partial charge on any atom is 0.258 e. The second-order valence-corrected chi connectivity index (χ2v) is 6.64. The van der Waals surface area contributed by atoms with Crippen LogP contribution in [0.3, 0.4) is 0 Å². The van der Waals surface area contributed by atoms with Crippen LogP contribution in [0.15, 0.2) is 40.9 Å². The van der Waals surface area contributed by atoms with Crippen molar-refractivity contribution in [2.75, 3.05) is 5.32 Å². The number of hydrogen-bond acceptors (Lipinski definition) is 3. The van der Waals surface area contributed by atoms with E-state index in [1.165, 1.54) is 12.1 Å². The second kappa shape index (κ2) is 5.54. The van der Waals surface area contributed by atoms with Crippen molar-refractivity contribution in [1.29, 1.82) is 0 Å². The van der Waals surface area contributed by atoms with Crippen molar-refractivity contribution in [2.24, 2.45) is 0 Å². The zero-order valence-electron chi connectivity index (χ0n) is 11.0. The Labute approximate surface area is 133 Å². The van der Waals surface area contributed by atoms with Crippen LogP contribution in [0, 0.1) is 12.7 Å². The van der Waals surface area contributed by atoms with E-state index in [-0.39, 0.29) is 5.56 Å². The molecule has 1 N–H and O–H groups in total. The van der Waals surface area contributed by atoms with Crippen molar-refractivity contribution in [2.45, 2.75) is 6.92 Å². The molecule has 3 rings (SSSR count). The van der Waals surface area contributed by atoms with Gasteiger partial charge in [-0.05, 0) is 43.3 Å². The Bertz CT molecular complexity index is 847. The Balaban J connectivity index is 1.90. The van der Waals surface area contributed by atoms with Crippen LogP contribution in [0.25, 0.3) is 10.2 Å². The average molecular weight is 365 g/mol. The first kappa shape index (κ1) is 14.2. The molecule has 0 aliphatic carbocycles. The van der Waals surface area contributed by atoms with E-state index in [0.29, 0.717) is 10.2 Å². The van der Waals surface area contributed by atoms with Gasteiger partial charge in [-0.2, -0.15) is 0 Å². The number of carbonyl (C=O) groups is 1. The summed E-state index contributed by atoms with van der Waals surface area (Å²) in [5.74, 6) is -1.03. The number of rotatable bonds is 2. The quantitative estimate of drug-likeness (QED) is 0.712. The van der Waals surface area contributed by atoms with E-state index in [9.17, 15) is 9.18 Å². The lowest BCUT2D eigenvalue weighted by Crippen LogP contribution is -2.13. The molecule has 21 heavy (non-hydrogen) atoms. The van der Waals surface area contributed by atoms with Gasteiger partial charge >= 0.3 is 0 Å². The highest BCUT2D eigenvalue weighted by Crippen LogP contribution is 2.25. The normalized spacial score (nSPS) is 10.8. The lowest BCUT2D eigenvalue weighted by Gasteiger charge is -2.06. The summed E-state index contributed by atoms with van der Waals surface area (Å²) in [6, 6.07) is 9.71. The van der Waals surface area contributed by atoms with Gasteiger partial charge in [0.15, 0.2) is 0 Å². The molecule has 2 aromatic carbocycles. The second-order valence-electron chi connectivity index (χ2n) is 4.49. The van der Waals surface area contributed by atoms with Gasteiger partial charge in [0, 0.05) is 10.2 Å². The van der Waals surface area contributed by atoms with Gasteiger partial charge in [0.25, 0.3) is 5.91 Å². The molecule has 0 spiro atoms. The molecular formula is C15H10BrFN2OS. The lowest BCUT2D eigenvalue weighted by molar-refractivity contribution is 0.102. The highest BCUT2D eigenvalue weighted by molar-refractivity contribution is 9.10. The van der Waals surface area contributed by atoms with Gasteiger partial charge in [0.05, 0.1) is 20.8 Å². The summed E-state index contributed by atoms with van der Waals surface area (Å²) >= 11 is 4.78. The molecule has 0 aliphatic heterocycles. The lowest BCUT2D eigenvalue weighted by atomic mass is 10.2. The first-order valence-corrected chi connectivity index (χ1v) is 7.77. The topological polar surface area (TPSA) is 42.0 Å². The molecule has 0 saturated carbocycles. The number of nitrogens with one attached hydrogen (secondary N) is 1. The first-order chi connectivity index (χ1) is 10.0. The Morgan fingerprint density at radius 1 is 1.29 bits per heavy atom. The van der Waals surface area contributed by atoms with Crippen LogP contribution in [0.5, 0.6) is 0 Å². The third-order valence-electron chi connectivity index (χ3n) is 2.93. The van der Waals surface area contributed by atoms with Crippen LogP contribution in [0.1, 0.15) is 15.4 Å². The summed E-state index contributed by atoms with van der Waals surface area (Å²) in [4.78, 5) is 16.5. The van der Waals surface area contributed by atoms with Crippen LogP contribution in [-0.2, 0) is 0 Å². The Morgan fingerprint density at radius 2 is 2.10 bits per heavy atom. The molecule has 1 aromatic heterocycles. The standard InChI is InChI=1S/C15H10BrFN2OS/c1-8-18-13-5-3-10(7-14(13)21-8)19-15(20)11-6-9(16)2-4-12(11)17/h2-7H,1H3,(H,19,20). The Hall–Kier alpha value is -1.79. The zero-order chi connectivity index (χ0) is 15.0. The van der Waals surface area contributed by atoms with Crippen molar-refractivity contribution in [3.8, 4) is 0 Å². The van der Waals surface area contributed by atoms with Gasteiger partial charge in [0.1, 0.15) is 5.82 Å². The van der Waals surface area contributed by atoms with Crippen molar-refractivity contribution in [3.05, 3.63) is 57.3 Å². The van der Waals surface area contributed by atoms with Crippen LogP contribution < -0.4 is 5.32 Å². The number of hydrogen-bond donors (Lipinski definition) is 1. The van der Waals surface area contributed by atoms with Crippen molar-refractivity contribution < 1.29 is 9.18 Å². The number of nitrogens with zero attached hydrogens (tertiary/aromatic N) is 1. The SMILES string of the molecule is Cc1nc2ccc(NC(=O)c3cc(Br)ccc3F)cc2s1. The number of halogens is 2. The molecule has 106 valence electrons. The van der Waals surface area contributed by atoms with Gasteiger partial charge in [-0.15, -0.1) is 11.3 Å². The summed E-state index contributed by atoms with van der Waals surface area (Å²) in [5, 5.41) is 3.67. The summed E-state index contributed by atoms with van der Waals surface area (Å²) in [6.45, 7) is 1.93. The molecule has 0 atom stereocenters. The number of carbonyl (C=O) groups excluding carboxylic acids is 1. The number of fused-ring (bicyclic) bond motifs is 1. The minimum Gasteiger partial charge on any atom is -0.322 e. The van der Waals surface area contributed by atoms with Crippen LogP contribution in [0.2, 0.25) is 0 Å². The molecule has 6 heteroatoms. The van der Waals surface area contributed by atoms with Crippen LogP contribution in [0.4, 0.5) is 10.1 Å². The molecule has 0 fully saturated rings. The molecule has 0 unspecified atom stereocenters. The minimum absolute atomic E-state index is 0.00459. The molecule has 0 radical (unpaired) electrons. The molecule has 1 heterocycles. The van der Waals surface area contributed by atoms with E-state index in [1.54, 1.807) is 23.5 Å². The molecule has 3 aromatic rings. The third-order valence-corrected chi connectivity index (χ3v) is 4.35. The number of aromatic nitrogens is 1. The van der Waals surface area contributed by atoms with Gasteiger partial charge in [-0.3, -0.25) is 4.79 Å². The highest BCUT2D eigenvalue weighted by atomic mass is 79.9. The van der Waals surface area contributed by atoms with E-state index in [2.05, 4.69) is 26.2 Å². The fraction of sp³-hybridized carbons (Fsp3) is 0.0667. The maximum absolute atomic E-state index is 13.7. The molecule has 0 aliphatic rings. The molecule has 3 nitrogen and oxygen atoms in total. The highest BCUT2D eigenvalue weighted by Gasteiger charge is 2.13. The molecule has 1 amide bonds. The van der Waals surface area contributed by atoms with Crippen molar-refractivity contribution in [3.63, 3.8) is 0 Å². The van der Waals surface area contributed by atoms with Gasteiger partial charge in [0.2, 0.25) is 0 Å². The smallest absolute Gasteiger partial charge is 0.258 e. The number of anilines is 1. The summed E-state index contributed by atoms with van der Waals surface area (Å²) < 4.78 is 15.3. The maximum atomic E-state index is 13.7. The van der Waals surface area contributed by atoms with E-state index < -0.39 is 11.7 Å². The van der Waals surface area contributed by atoms with E-state index in [4.69, 9.17) is 0 Å². The van der Waals surface area contributed by atoms with Crippen LogP contribution in [-0.4, -0.2) is 10.9 Å². The van der Waals surface area contributed by atoms with Gasteiger partial charge < -0.3 is 5.32 Å². The van der Waals surface area contributed by atoms with E-state index in [1.807, 2.05) is 19.1 Å². The number of amides is 1. The van der Waals surface area contributed by atoms with Crippen LogP contribution >= 0.6 is 27.3 Å². The number of aryl methyl sites for hydroxylation is 1. The average Bonchev–Trinajstić information content (AvgIpc) is 2.80. The third kappa shape index (κ3) is 2.96. The number of benzene rings is 2. The Morgan fingerprint density at radius 3 is 2.90 bits per heavy atom. The summed E-state index contributed by atoms with van der Waals surface area (Å²) in [7, 11) is 0. The fourth-order valence-corrected chi connectivity index (χ4v) is 3.21. The summed E-state index contributed by atoms with van der Waals surface area (Å²) in [5.41, 5.74) is 1.52. The molecular weight excluding hydrogens is 355 g/mol. The Kier molecular flexibility index (Phi) is 3.73. The minimum atomic E-state index is -0.551. The largest absolute Gasteiger partial charge is 0.322 e. The zero-order valence-corrected chi connectivity index (χ0v) is 13.4. The van der Waals surface area contributed by atoms with Gasteiger partial charge in [-0.1, -0.05) is 15.9 Å². The number of thiazole rings is 1. The van der Waals surface area contributed by atoms with Crippen molar-refractivity contribution in [1.82, 2.24) is 4.98 Å². The predicted molar refractivity (Wildman–Crippen MR) is 86.4 cm³/mol. The van der Waals surface area contributed by atoms with Gasteiger partial charge in [-0.25, -0.2) is 9.37 Å². The predicted octanol–water partition coefficient (Wildman–Crippen LogP) is 4.76. The monoisotopic (exact) mass is 364 g/mol. The first-order valence-electron chi connectivity index (χ1n) is 6.16. The summed E-state index contributed by atoms with van der Waals surface area (Å²) in [6.07, 6.45) is 0. The molecule has 0 saturated heterocycles. The van der Waals surface area contributed by atoms with Crippen molar-refractivity contribution >= 4 is 49.1 Å². The molecule has 0 bridgehead atoms.